The highest BCUT2D eigenvalue weighted by molar-refractivity contribution is 6.00. The molecule has 14 heavy (non-hydrogen) atoms. The number of hydrogen-bond acceptors (Lipinski definition) is 4. The predicted molar refractivity (Wildman–Crippen MR) is 51.8 cm³/mol. The van der Waals surface area contributed by atoms with Crippen molar-refractivity contribution >= 4 is 11.5 Å². The minimum absolute atomic E-state index is 0.0700. The molecular formula is C10H11NO3. The highest BCUT2D eigenvalue weighted by atomic mass is 16.5. The molecule has 0 bridgehead atoms. The number of Topliss-reactive ketones (excluding diaryl/α,β-unsaturated/α-hetero) is 1. The van der Waals surface area contributed by atoms with Crippen LogP contribution in [-0.2, 0) is 0 Å². The number of nitrogens with two attached hydrogens (primary N) is 1. The van der Waals surface area contributed by atoms with Crippen molar-refractivity contribution in [1.29, 1.82) is 0 Å². The first-order chi connectivity index (χ1) is 6.72. The standard InChI is InChI=1S/C10H11NO3/c1-13-10-5-9-6(4-7(10)11)8(12)2-3-14-9/h4-5H,2-3,11H2,1H3. The molecule has 0 unspecified atom stereocenters. The number of hydrogen-bond donors (Lipinski definition) is 1. The number of methoxy groups -OCH3 is 1. The second kappa shape index (κ2) is 3.21. The summed E-state index contributed by atoms with van der Waals surface area (Å²) < 4.78 is 10.4. The zero-order chi connectivity index (χ0) is 10.1. The molecule has 0 atom stereocenters. The number of ketones is 1. The van der Waals surface area contributed by atoms with E-state index in [2.05, 4.69) is 0 Å². The van der Waals surface area contributed by atoms with Crippen LogP contribution in [0.25, 0.3) is 0 Å². The maximum Gasteiger partial charge on any atom is 0.170 e. The lowest BCUT2D eigenvalue weighted by atomic mass is 10.0. The van der Waals surface area contributed by atoms with Crippen LogP contribution in [0.5, 0.6) is 11.5 Å². The summed E-state index contributed by atoms with van der Waals surface area (Å²) in [5, 5.41) is 0. The molecule has 0 amide bonds. The maximum absolute atomic E-state index is 11.5. The van der Waals surface area contributed by atoms with Gasteiger partial charge in [-0.05, 0) is 6.07 Å². The van der Waals surface area contributed by atoms with E-state index in [9.17, 15) is 4.79 Å². The van der Waals surface area contributed by atoms with Crippen LogP contribution in [-0.4, -0.2) is 19.5 Å². The molecular weight excluding hydrogens is 182 g/mol. The minimum atomic E-state index is 0.0700. The number of carbonyl (C=O) groups excluding carboxylic acids is 1. The van der Waals surface area contributed by atoms with Crippen LogP contribution < -0.4 is 15.2 Å². The van der Waals surface area contributed by atoms with E-state index in [1.165, 1.54) is 7.11 Å². The molecule has 74 valence electrons. The van der Waals surface area contributed by atoms with Gasteiger partial charge in [-0.3, -0.25) is 4.79 Å². The summed E-state index contributed by atoms with van der Waals surface area (Å²) in [6, 6.07) is 3.26. The number of fused-ring (bicyclic) bond motifs is 1. The number of benzene rings is 1. The van der Waals surface area contributed by atoms with E-state index < -0.39 is 0 Å². The van der Waals surface area contributed by atoms with Gasteiger partial charge in [-0.1, -0.05) is 0 Å². The van der Waals surface area contributed by atoms with Gasteiger partial charge in [0, 0.05) is 12.5 Å². The van der Waals surface area contributed by atoms with Crippen LogP contribution in [0.3, 0.4) is 0 Å². The Labute approximate surface area is 81.6 Å². The predicted octanol–water partition coefficient (Wildman–Crippen LogP) is 1.24. The van der Waals surface area contributed by atoms with Crippen molar-refractivity contribution in [2.45, 2.75) is 6.42 Å². The van der Waals surface area contributed by atoms with Crippen molar-refractivity contribution in [2.24, 2.45) is 0 Å². The lowest BCUT2D eigenvalue weighted by Crippen LogP contribution is -2.15. The Hall–Kier alpha value is -1.71. The van der Waals surface area contributed by atoms with Crippen molar-refractivity contribution in [3.05, 3.63) is 17.7 Å². The Bertz CT molecular complexity index is 387. The van der Waals surface area contributed by atoms with Gasteiger partial charge < -0.3 is 15.2 Å². The van der Waals surface area contributed by atoms with Gasteiger partial charge in [-0.25, -0.2) is 0 Å². The molecule has 2 N–H and O–H groups in total. The second-order valence-corrected chi connectivity index (χ2v) is 3.11. The first kappa shape index (κ1) is 8.87. The highest BCUT2D eigenvalue weighted by Gasteiger charge is 2.20. The zero-order valence-corrected chi connectivity index (χ0v) is 7.87. The summed E-state index contributed by atoms with van der Waals surface area (Å²) in [5.74, 6) is 1.17. The quantitative estimate of drug-likeness (QED) is 0.681. The third-order valence-electron chi connectivity index (χ3n) is 2.22. The van der Waals surface area contributed by atoms with Crippen molar-refractivity contribution < 1.29 is 14.3 Å². The molecule has 4 nitrogen and oxygen atoms in total. The van der Waals surface area contributed by atoms with Crippen LogP contribution in [0.4, 0.5) is 5.69 Å². The molecule has 1 aliphatic heterocycles. The SMILES string of the molecule is COc1cc2c(cc1N)C(=O)CCO2. The van der Waals surface area contributed by atoms with E-state index in [0.717, 1.165) is 0 Å². The molecule has 1 aromatic carbocycles. The Morgan fingerprint density at radius 2 is 2.29 bits per heavy atom. The van der Waals surface area contributed by atoms with Gasteiger partial charge in [-0.15, -0.1) is 0 Å². The molecule has 0 saturated heterocycles. The lowest BCUT2D eigenvalue weighted by molar-refractivity contribution is 0.0933. The van der Waals surface area contributed by atoms with Gasteiger partial charge in [0.25, 0.3) is 0 Å². The van der Waals surface area contributed by atoms with Crippen molar-refractivity contribution in [3.8, 4) is 11.5 Å². The summed E-state index contributed by atoms with van der Waals surface area (Å²) >= 11 is 0. The fraction of sp³-hybridized carbons (Fsp3) is 0.300. The minimum Gasteiger partial charge on any atom is -0.494 e. The van der Waals surface area contributed by atoms with E-state index in [-0.39, 0.29) is 5.78 Å². The number of carbonyl (C=O) groups is 1. The van der Waals surface area contributed by atoms with Crippen molar-refractivity contribution in [1.82, 2.24) is 0 Å². The van der Waals surface area contributed by atoms with Crippen LogP contribution >= 0.6 is 0 Å². The fourth-order valence-electron chi connectivity index (χ4n) is 1.48. The first-order valence-corrected chi connectivity index (χ1v) is 4.36. The Morgan fingerprint density at radius 1 is 1.50 bits per heavy atom. The first-order valence-electron chi connectivity index (χ1n) is 4.36. The van der Waals surface area contributed by atoms with E-state index in [1.54, 1.807) is 12.1 Å². The number of ether oxygens (including phenoxy) is 2. The Kier molecular flexibility index (Phi) is 2.04. The molecule has 0 fully saturated rings. The monoisotopic (exact) mass is 193 g/mol. The van der Waals surface area contributed by atoms with Gasteiger partial charge in [0.15, 0.2) is 5.78 Å². The molecule has 0 aliphatic carbocycles. The normalized spacial score (nSPS) is 14.5. The molecule has 0 spiro atoms. The number of anilines is 1. The molecule has 2 rings (SSSR count). The summed E-state index contributed by atoms with van der Waals surface area (Å²) in [7, 11) is 1.53. The Balaban J connectivity index is 2.54. The van der Waals surface area contributed by atoms with Crippen LogP contribution in [0.15, 0.2) is 12.1 Å². The van der Waals surface area contributed by atoms with Crippen LogP contribution in [0, 0.1) is 0 Å². The zero-order valence-electron chi connectivity index (χ0n) is 7.87. The summed E-state index contributed by atoms with van der Waals surface area (Å²) in [5.41, 5.74) is 6.70. The third kappa shape index (κ3) is 1.28. The topological polar surface area (TPSA) is 61.5 Å². The van der Waals surface area contributed by atoms with E-state index in [0.29, 0.717) is 35.8 Å². The smallest absolute Gasteiger partial charge is 0.170 e. The fourth-order valence-corrected chi connectivity index (χ4v) is 1.48. The molecule has 0 saturated carbocycles. The largest absolute Gasteiger partial charge is 0.494 e. The van der Waals surface area contributed by atoms with Gasteiger partial charge in [-0.2, -0.15) is 0 Å². The Morgan fingerprint density at radius 3 is 3.00 bits per heavy atom. The number of nitrogen functional groups attached to an aromatic ring is 1. The van der Waals surface area contributed by atoms with E-state index >= 15 is 0 Å². The molecule has 0 radical (unpaired) electrons. The second-order valence-electron chi connectivity index (χ2n) is 3.11. The average Bonchev–Trinajstić information content (AvgIpc) is 2.19. The third-order valence-corrected chi connectivity index (χ3v) is 2.22. The molecule has 4 heteroatoms. The van der Waals surface area contributed by atoms with Gasteiger partial charge >= 0.3 is 0 Å². The van der Waals surface area contributed by atoms with E-state index in [1.807, 2.05) is 0 Å². The average molecular weight is 193 g/mol. The van der Waals surface area contributed by atoms with Gasteiger partial charge in [0.1, 0.15) is 11.5 Å². The van der Waals surface area contributed by atoms with Gasteiger partial charge in [0.05, 0.1) is 25.0 Å². The molecule has 1 aromatic rings. The van der Waals surface area contributed by atoms with Crippen LogP contribution in [0.1, 0.15) is 16.8 Å². The molecule has 1 aliphatic rings. The molecule has 1 heterocycles. The lowest BCUT2D eigenvalue weighted by Gasteiger charge is -2.17. The van der Waals surface area contributed by atoms with Crippen LogP contribution in [0.2, 0.25) is 0 Å². The maximum atomic E-state index is 11.5. The summed E-state index contributed by atoms with van der Waals surface area (Å²) in [6.45, 7) is 0.429. The number of rotatable bonds is 1. The molecule has 0 aromatic heterocycles. The summed E-state index contributed by atoms with van der Waals surface area (Å²) in [6.07, 6.45) is 0.415. The van der Waals surface area contributed by atoms with Crippen molar-refractivity contribution in [3.63, 3.8) is 0 Å². The van der Waals surface area contributed by atoms with E-state index in [4.69, 9.17) is 15.2 Å². The van der Waals surface area contributed by atoms with Gasteiger partial charge in [0.2, 0.25) is 0 Å². The summed E-state index contributed by atoms with van der Waals surface area (Å²) in [4.78, 5) is 11.5. The highest BCUT2D eigenvalue weighted by Crippen LogP contribution is 2.33. The van der Waals surface area contributed by atoms with Crippen molar-refractivity contribution in [2.75, 3.05) is 19.5 Å².